The molecule has 2 saturated heterocycles. The van der Waals surface area contributed by atoms with Crippen LogP contribution in [0.2, 0.25) is 5.02 Å². The Morgan fingerprint density at radius 1 is 1.12 bits per heavy atom. The number of aryl methyl sites for hydroxylation is 1. The van der Waals surface area contributed by atoms with Gasteiger partial charge in [-0.2, -0.15) is 0 Å². The van der Waals surface area contributed by atoms with Gasteiger partial charge in [0.1, 0.15) is 12.1 Å². The van der Waals surface area contributed by atoms with Crippen molar-refractivity contribution < 1.29 is 4.79 Å². The molecule has 1 aliphatic carbocycles. The van der Waals surface area contributed by atoms with Crippen LogP contribution in [-0.2, 0) is 11.2 Å². The van der Waals surface area contributed by atoms with Crippen LogP contribution in [-0.4, -0.2) is 77.5 Å². The van der Waals surface area contributed by atoms with Crippen LogP contribution in [0.3, 0.4) is 0 Å². The second-order valence-corrected chi connectivity index (χ2v) is 10.2. The topological polar surface area (TPSA) is 78.6 Å². The third-order valence-corrected chi connectivity index (χ3v) is 7.72. The Kier molecular flexibility index (Phi) is 6.54. The van der Waals surface area contributed by atoms with Crippen molar-refractivity contribution in [3.8, 4) is 0 Å². The van der Waals surface area contributed by atoms with E-state index in [1.165, 1.54) is 11.3 Å². The number of carbonyl (C=O) groups is 1. The highest BCUT2D eigenvalue weighted by atomic mass is 35.5. The molecule has 2 fully saturated rings. The molecule has 176 valence electrons. The number of rotatable bonds is 5. The summed E-state index contributed by atoms with van der Waals surface area (Å²) in [6.07, 6.45) is 4.86. The number of likely N-dealkylation sites (tertiary alicyclic amines) is 1. The molecule has 0 unspecified atom stereocenters. The first-order chi connectivity index (χ1) is 16.0. The Balaban J connectivity index is 1.30. The van der Waals surface area contributed by atoms with Gasteiger partial charge < -0.3 is 20.4 Å². The predicted octanol–water partition coefficient (Wildman–Crippen LogP) is 2.65. The summed E-state index contributed by atoms with van der Waals surface area (Å²) in [5.74, 6) is 1.55. The van der Waals surface area contributed by atoms with Crippen molar-refractivity contribution in [2.45, 2.75) is 44.1 Å². The summed E-state index contributed by atoms with van der Waals surface area (Å²) in [5, 5.41) is 0.688. The van der Waals surface area contributed by atoms with Gasteiger partial charge in [-0.1, -0.05) is 30.7 Å². The van der Waals surface area contributed by atoms with Crippen molar-refractivity contribution in [3.63, 3.8) is 0 Å². The molecule has 0 bridgehead atoms. The molecular weight excluding hydrogens is 436 g/mol. The summed E-state index contributed by atoms with van der Waals surface area (Å²) in [5.41, 5.74) is 9.65. The van der Waals surface area contributed by atoms with Gasteiger partial charge in [0.2, 0.25) is 5.91 Å². The highest BCUT2D eigenvalue weighted by Crippen LogP contribution is 2.37. The van der Waals surface area contributed by atoms with E-state index in [0.29, 0.717) is 30.6 Å². The van der Waals surface area contributed by atoms with Crippen molar-refractivity contribution in [1.82, 2.24) is 19.8 Å². The summed E-state index contributed by atoms with van der Waals surface area (Å²) >= 11 is 6.12. The number of fused-ring (bicyclic) bond motifs is 1. The smallest absolute Gasteiger partial charge is 0.231 e. The average molecular weight is 469 g/mol. The van der Waals surface area contributed by atoms with Gasteiger partial charge in [-0.05, 0) is 49.4 Å². The van der Waals surface area contributed by atoms with Crippen LogP contribution in [0.5, 0.6) is 0 Å². The van der Waals surface area contributed by atoms with E-state index < -0.39 is 0 Å². The molecule has 0 spiro atoms. The summed E-state index contributed by atoms with van der Waals surface area (Å²) in [6, 6.07) is 7.93. The van der Waals surface area contributed by atoms with Crippen LogP contribution < -0.4 is 10.6 Å². The molecular formula is C25H33ClN6O. The van der Waals surface area contributed by atoms with Crippen molar-refractivity contribution in [3.05, 3.63) is 52.4 Å². The van der Waals surface area contributed by atoms with Crippen LogP contribution in [0.15, 0.2) is 30.6 Å². The number of piperazine rings is 1. The van der Waals surface area contributed by atoms with Crippen LogP contribution in [0, 0.1) is 0 Å². The highest BCUT2D eigenvalue weighted by molar-refractivity contribution is 6.30. The molecule has 1 amide bonds. The number of nitrogens with zero attached hydrogens (tertiary/aromatic N) is 5. The SMILES string of the molecule is C[C@@H]1CCc2ncnc(N3CCN(C(=O)[C@@H](CN4CC[C@@H](N)C4)c4ccc(Cl)cc4)CC3)c21. The Morgan fingerprint density at radius 3 is 2.58 bits per heavy atom. The lowest BCUT2D eigenvalue weighted by molar-refractivity contribution is -0.133. The van der Waals surface area contributed by atoms with Gasteiger partial charge >= 0.3 is 0 Å². The molecule has 2 N–H and O–H groups in total. The lowest BCUT2D eigenvalue weighted by Gasteiger charge is -2.38. The van der Waals surface area contributed by atoms with Gasteiger partial charge in [-0.25, -0.2) is 9.97 Å². The Morgan fingerprint density at radius 2 is 1.88 bits per heavy atom. The maximum atomic E-state index is 13.7. The minimum Gasteiger partial charge on any atom is -0.353 e. The fourth-order valence-corrected chi connectivity index (χ4v) is 5.67. The van der Waals surface area contributed by atoms with Crippen molar-refractivity contribution in [2.75, 3.05) is 50.7 Å². The van der Waals surface area contributed by atoms with Gasteiger partial charge in [0.15, 0.2) is 0 Å². The van der Waals surface area contributed by atoms with Crippen LogP contribution in [0.4, 0.5) is 5.82 Å². The van der Waals surface area contributed by atoms with Gasteiger partial charge in [0.05, 0.1) is 5.92 Å². The zero-order valence-corrected chi connectivity index (χ0v) is 20.0. The first-order valence-corrected chi connectivity index (χ1v) is 12.5. The minimum absolute atomic E-state index is 0.193. The van der Waals surface area contributed by atoms with Gasteiger partial charge in [-0.3, -0.25) is 4.79 Å². The van der Waals surface area contributed by atoms with E-state index in [2.05, 4.69) is 26.7 Å². The van der Waals surface area contributed by atoms with E-state index in [1.54, 1.807) is 6.33 Å². The van der Waals surface area contributed by atoms with Gasteiger partial charge in [-0.15, -0.1) is 0 Å². The fraction of sp³-hybridized carbons (Fsp3) is 0.560. The lowest BCUT2D eigenvalue weighted by atomic mass is 9.96. The number of nitrogens with two attached hydrogens (primary N) is 1. The Labute approximate surface area is 200 Å². The van der Waals surface area contributed by atoms with Gasteiger partial charge in [0.25, 0.3) is 0 Å². The van der Waals surface area contributed by atoms with Gasteiger partial charge in [0, 0.05) is 61.6 Å². The molecule has 3 aliphatic rings. The second kappa shape index (κ2) is 9.57. The number of halogens is 1. The molecule has 33 heavy (non-hydrogen) atoms. The summed E-state index contributed by atoms with van der Waals surface area (Å²) < 4.78 is 0. The first-order valence-electron chi connectivity index (χ1n) is 12.1. The van der Waals surface area contributed by atoms with Crippen LogP contribution >= 0.6 is 11.6 Å². The standard InChI is InChI=1S/C25H33ClN6O/c1-17-2-7-22-23(17)24(29-16-28-22)31-10-12-32(13-11-31)25(33)21(15-30-9-8-20(27)14-30)18-3-5-19(26)6-4-18/h3-6,16-17,20-21H,2,7-15,27H2,1H3/t17-,20-,21+/m1/s1. The molecule has 1 aromatic heterocycles. The molecule has 3 heterocycles. The highest BCUT2D eigenvalue weighted by Gasteiger charge is 2.33. The number of hydrogen-bond donors (Lipinski definition) is 1. The Bertz CT molecular complexity index is 991. The van der Waals surface area contributed by atoms with Crippen molar-refractivity contribution >= 4 is 23.3 Å². The number of hydrogen-bond acceptors (Lipinski definition) is 6. The molecule has 2 aliphatic heterocycles. The van der Waals surface area contributed by atoms with E-state index in [9.17, 15) is 4.79 Å². The maximum absolute atomic E-state index is 13.7. The average Bonchev–Trinajstić information content (AvgIpc) is 3.43. The number of carbonyl (C=O) groups excluding carboxylic acids is 1. The summed E-state index contributed by atoms with van der Waals surface area (Å²) in [6.45, 7) is 7.76. The number of aromatic nitrogens is 2. The third-order valence-electron chi connectivity index (χ3n) is 7.46. The van der Waals surface area contributed by atoms with Crippen molar-refractivity contribution in [1.29, 1.82) is 0 Å². The van der Waals surface area contributed by atoms with E-state index in [0.717, 1.165) is 56.8 Å². The molecule has 7 nitrogen and oxygen atoms in total. The molecule has 0 radical (unpaired) electrons. The largest absolute Gasteiger partial charge is 0.353 e. The fourth-order valence-electron chi connectivity index (χ4n) is 5.54. The van der Waals surface area contributed by atoms with E-state index in [-0.39, 0.29) is 17.9 Å². The summed E-state index contributed by atoms with van der Waals surface area (Å²) in [4.78, 5) is 29.6. The van der Waals surface area contributed by atoms with Crippen molar-refractivity contribution in [2.24, 2.45) is 5.73 Å². The predicted molar refractivity (Wildman–Crippen MR) is 131 cm³/mol. The summed E-state index contributed by atoms with van der Waals surface area (Å²) in [7, 11) is 0. The number of anilines is 1. The second-order valence-electron chi connectivity index (χ2n) is 9.72. The molecule has 2 aromatic rings. The monoisotopic (exact) mass is 468 g/mol. The number of benzene rings is 1. The van der Waals surface area contributed by atoms with E-state index in [4.69, 9.17) is 17.3 Å². The van der Waals surface area contributed by atoms with E-state index >= 15 is 0 Å². The quantitative estimate of drug-likeness (QED) is 0.726. The number of amides is 1. The minimum atomic E-state index is -0.206. The van der Waals surface area contributed by atoms with E-state index in [1.807, 2.05) is 29.2 Å². The zero-order valence-electron chi connectivity index (χ0n) is 19.3. The normalized spacial score (nSPS) is 24.2. The first kappa shape index (κ1) is 22.6. The Hall–Kier alpha value is -2.22. The van der Waals surface area contributed by atoms with Crippen LogP contribution in [0.25, 0.3) is 0 Å². The molecule has 3 atom stereocenters. The zero-order chi connectivity index (χ0) is 22.9. The molecule has 0 saturated carbocycles. The molecule has 8 heteroatoms. The molecule has 1 aromatic carbocycles. The third kappa shape index (κ3) is 4.72. The lowest BCUT2D eigenvalue weighted by Crippen LogP contribution is -2.51. The van der Waals surface area contributed by atoms with Crippen LogP contribution in [0.1, 0.15) is 48.4 Å². The molecule has 5 rings (SSSR count). The maximum Gasteiger partial charge on any atom is 0.231 e.